The van der Waals surface area contributed by atoms with Gasteiger partial charge in [-0.15, -0.1) is 11.3 Å². The molecule has 0 bridgehead atoms. The fourth-order valence-electron chi connectivity index (χ4n) is 1.54. The van der Waals surface area contributed by atoms with Crippen LogP contribution in [0.25, 0.3) is 0 Å². The van der Waals surface area contributed by atoms with Crippen molar-refractivity contribution in [3.05, 3.63) is 39.8 Å². The number of alkyl halides is 3. The smallest absolute Gasteiger partial charge is 0.347 e. The zero-order valence-corrected chi connectivity index (χ0v) is 11.1. The van der Waals surface area contributed by atoms with E-state index in [4.69, 9.17) is 0 Å². The molecular formula is C12H12F3N3S. The molecular weight excluding hydrogens is 275 g/mol. The minimum Gasteiger partial charge on any atom is -0.347 e. The molecule has 0 radical (unpaired) electrons. The second-order valence-corrected chi connectivity index (χ2v) is 5.40. The number of thiophene rings is 1. The summed E-state index contributed by atoms with van der Waals surface area (Å²) in [5.74, 6) is -0.0200. The number of aromatic nitrogens is 2. The molecule has 0 aromatic carbocycles. The molecule has 0 aliphatic heterocycles. The van der Waals surface area contributed by atoms with Gasteiger partial charge in [0.15, 0.2) is 0 Å². The molecule has 3 nitrogen and oxygen atoms in total. The van der Waals surface area contributed by atoms with E-state index in [2.05, 4.69) is 15.3 Å². The van der Waals surface area contributed by atoms with Crippen LogP contribution in [0, 0.1) is 6.92 Å². The van der Waals surface area contributed by atoms with Crippen molar-refractivity contribution in [2.45, 2.75) is 26.1 Å². The van der Waals surface area contributed by atoms with Gasteiger partial charge in [-0.2, -0.15) is 13.2 Å². The van der Waals surface area contributed by atoms with Gasteiger partial charge in [-0.05, 0) is 32.0 Å². The van der Waals surface area contributed by atoms with E-state index in [-0.39, 0.29) is 12.0 Å². The zero-order valence-electron chi connectivity index (χ0n) is 10.3. The molecule has 19 heavy (non-hydrogen) atoms. The number of aryl methyl sites for hydroxylation is 1. The van der Waals surface area contributed by atoms with E-state index < -0.39 is 11.9 Å². The topological polar surface area (TPSA) is 37.8 Å². The van der Waals surface area contributed by atoms with Crippen molar-refractivity contribution in [1.82, 2.24) is 9.97 Å². The van der Waals surface area contributed by atoms with Crippen LogP contribution in [0.15, 0.2) is 24.4 Å². The Balaban J connectivity index is 2.15. The minimum absolute atomic E-state index is 0.0200. The summed E-state index contributed by atoms with van der Waals surface area (Å²) in [6.45, 7) is 3.83. The molecule has 1 unspecified atom stereocenters. The van der Waals surface area contributed by atoms with Crippen LogP contribution in [-0.4, -0.2) is 9.97 Å². The lowest BCUT2D eigenvalue weighted by Gasteiger charge is -2.13. The van der Waals surface area contributed by atoms with Gasteiger partial charge in [0.1, 0.15) is 5.69 Å². The van der Waals surface area contributed by atoms with Crippen molar-refractivity contribution < 1.29 is 13.2 Å². The van der Waals surface area contributed by atoms with E-state index in [9.17, 15) is 13.2 Å². The molecule has 0 aliphatic carbocycles. The molecule has 0 saturated heterocycles. The molecule has 2 aromatic heterocycles. The first-order chi connectivity index (χ1) is 8.86. The van der Waals surface area contributed by atoms with Gasteiger partial charge in [0.2, 0.25) is 5.95 Å². The number of hydrogen-bond acceptors (Lipinski definition) is 4. The molecule has 2 rings (SSSR count). The van der Waals surface area contributed by atoms with Crippen LogP contribution in [0.2, 0.25) is 0 Å². The second kappa shape index (κ2) is 5.16. The summed E-state index contributed by atoms with van der Waals surface area (Å²) >= 11 is 1.58. The van der Waals surface area contributed by atoms with Crippen LogP contribution in [0.3, 0.4) is 0 Å². The molecule has 0 spiro atoms. The van der Waals surface area contributed by atoms with E-state index >= 15 is 0 Å². The maximum Gasteiger partial charge on any atom is 0.433 e. The number of rotatable bonds is 3. The molecule has 0 saturated carbocycles. The number of hydrogen-bond donors (Lipinski definition) is 1. The summed E-state index contributed by atoms with van der Waals surface area (Å²) in [4.78, 5) is 9.45. The summed E-state index contributed by atoms with van der Waals surface area (Å²) in [6, 6.07) is 4.61. The fourth-order valence-corrected chi connectivity index (χ4v) is 2.42. The van der Waals surface area contributed by atoms with Gasteiger partial charge < -0.3 is 5.32 Å². The fraction of sp³-hybridized carbons (Fsp3) is 0.333. The first-order valence-electron chi connectivity index (χ1n) is 5.59. The molecule has 1 N–H and O–H groups in total. The van der Waals surface area contributed by atoms with Crippen molar-refractivity contribution in [3.63, 3.8) is 0 Å². The van der Waals surface area contributed by atoms with Gasteiger partial charge in [-0.3, -0.25) is 0 Å². The van der Waals surface area contributed by atoms with E-state index in [1.165, 1.54) is 0 Å². The van der Waals surface area contributed by atoms with E-state index in [1.807, 2.05) is 26.0 Å². The first kappa shape index (κ1) is 13.8. The molecule has 1 atom stereocenters. The summed E-state index contributed by atoms with van der Waals surface area (Å²) in [6.07, 6.45) is -3.35. The highest BCUT2D eigenvalue weighted by molar-refractivity contribution is 7.12. The third-order valence-corrected chi connectivity index (χ3v) is 3.66. The van der Waals surface area contributed by atoms with Crippen molar-refractivity contribution in [1.29, 1.82) is 0 Å². The lowest BCUT2D eigenvalue weighted by molar-refractivity contribution is -0.141. The highest BCUT2D eigenvalue weighted by Gasteiger charge is 2.32. The zero-order chi connectivity index (χ0) is 14.0. The van der Waals surface area contributed by atoms with Crippen molar-refractivity contribution in [3.8, 4) is 0 Å². The molecule has 2 aromatic rings. The van der Waals surface area contributed by atoms with Crippen molar-refractivity contribution in [2.75, 3.05) is 5.32 Å². The summed E-state index contributed by atoms with van der Waals surface area (Å²) in [5, 5.41) is 2.87. The van der Waals surface area contributed by atoms with E-state index in [1.54, 1.807) is 11.3 Å². The Labute approximate surface area is 112 Å². The van der Waals surface area contributed by atoms with E-state index in [0.717, 1.165) is 22.0 Å². The Kier molecular flexibility index (Phi) is 3.75. The van der Waals surface area contributed by atoms with E-state index in [0.29, 0.717) is 0 Å². The molecule has 102 valence electrons. The number of halogens is 3. The highest BCUT2D eigenvalue weighted by atomic mass is 32.1. The van der Waals surface area contributed by atoms with Crippen LogP contribution in [0.4, 0.5) is 19.1 Å². The Bertz CT molecular complexity index is 565. The van der Waals surface area contributed by atoms with Gasteiger partial charge in [0, 0.05) is 16.0 Å². The molecule has 0 fully saturated rings. The molecule has 2 heterocycles. The number of nitrogens with zero attached hydrogens (tertiary/aromatic N) is 2. The number of nitrogens with one attached hydrogen (secondary N) is 1. The Morgan fingerprint density at radius 2 is 2.00 bits per heavy atom. The van der Waals surface area contributed by atoms with Crippen LogP contribution in [0.5, 0.6) is 0 Å². The number of anilines is 1. The van der Waals surface area contributed by atoms with Crippen LogP contribution in [-0.2, 0) is 6.18 Å². The van der Waals surface area contributed by atoms with Crippen LogP contribution >= 0.6 is 11.3 Å². The normalized spacial score (nSPS) is 13.3. The average Bonchev–Trinajstić information content (AvgIpc) is 2.75. The Hall–Kier alpha value is -1.63. The highest BCUT2D eigenvalue weighted by Crippen LogP contribution is 2.29. The standard InChI is InChI=1S/C12H12F3N3S/c1-7-3-4-9(19-7)8(2)17-11-16-6-5-10(18-11)12(13,14)15/h3-6,8H,1-2H3,(H,16,17,18). The quantitative estimate of drug-likeness (QED) is 0.925. The summed E-state index contributed by atoms with van der Waals surface area (Å²) < 4.78 is 37.5. The van der Waals surface area contributed by atoms with Crippen molar-refractivity contribution >= 4 is 17.3 Å². The maximum absolute atomic E-state index is 12.5. The van der Waals surface area contributed by atoms with Crippen LogP contribution in [0.1, 0.15) is 28.4 Å². The van der Waals surface area contributed by atoms with Gasteiger partial charge in [-0.25, -0.2) is 9.97 Å². The average molecular weight is 287 g/mol. The van der Waals surface area contributed by atoms with Crippen LogP contribution < -0.4 is 5.32 Å². The third-order valence-electron chi connectivity index (χ3n) is 2.48. The Morgan fingerprint density at radius 1 is 1.26 bits per heavy atom. The lowest BCUT2D eigenvalue weighted by Crippen LogP contribution is -2.13. The van der Waals surface area contributed by atoms with Gasteiger partial charge in [0.25, 0.3) is 0 Å². The Morgan fingerprint density at radius 3 is 2.58 bits per heavy atom. The summed E-state index contributed by atoms with van der Waals surface area (Å²) in [5.41, 5.74) is -0.945. The molecule has 0 aliphatic rings. The maximum atomic E-state index is 12.5. The molecule has 0 amide bonds. The predicted octanol–water partition coefficient (Wildman–Crippen LogP) is 4.04. The first-order valence-corrected chi connectivity index (χ1v) is 6.41. The van der Waals surface area contributed by atoms with Gasteiger partial charge in [0.05, 0.1) is 6.04 Å². The minimum atomic E-state index is -4.46. The monoisotopic (exact) mass is 287 g/mol. The third kappa shape index (κ3) is 3.44. The summed E-state index contributed by atoms with van der Waals surface area (Å²) in [7, 11) is 0. The predicted molar refractivity (Wildman–Crippen MR) is 68.1 cm³/mol. The molecule has 7 heteroatoms. The largest absolute Gasteiger partial charge is 0.433 e. The van der Waals surface area contributed by atoms with Gasteiger partial charge >= 0.3 is 6.18 Å². The SMILES string of the molecule is Cc1ccc(C(C)Nc2nccc(C(F)(F)F)n2)s1. The van der Waals surface area contributed by atoms with Gasteiger partial charge in [-0.1, -0.05) is 0 Å². The van der Waals surface area contributed by atoms with Crippen molar-refractivity contribution in [2.24, 2.45) is 0 Å². The lowest BCUT2D eigenvalue weighted by atomic mass is 10.3. The second-order valence-electron chi connectivity index (χ2n) is 4.08.